The number of furan rings is 2. The number of anilines is 6. The summed E-state index contributed by atoms with van der Waals surface area (Å²) in [6.07, 6.45) is 0. The van der Waals surface area contributed by atoms with E-state index in [1.54, 1.807) is 62.3 Å². The highest BCUT2D eigenvalue weighted by molar-refractivity contribution is 7.00. The Morgan fingerprint density at radius 2 is 1.12 bits per heavy atom. The molecule has 0 saturated heterocycles. The Kier molecular flexibility index (Phi) is 4.28. The van der Waals surface area contributed by atoms with Crippen molar-refractivity contribution in [3.63, 3.8) is 0 Å². The van der Waals surface area contributed by atoms with Gasteiger partial charge in [0.25, 0.3) is 6.71 Å². The molecule has 0 unspecified atom stereocenters. The van der Waals surface area contributed by atoms with Gasteiger partial charge in [0.05, 0.1) is 73.7 Å². The third kappa shape index (κ3) is 5.34. The molecule has 0 amide bonds. The van der Waals surface area contributed by atoms with Crippen LogP contribution in [0.3, 0.4) is 0 Å². The average molecular weight is 907 g/mol. The number of nitrogens with zero attached hydrogens (tertiary/aromatic N) is 3. The van der Waals surface area contributed by atoms with Gasteiger partial charge in [-0.25, -0.2) is 0 Å². The second-order valence-corrected chi connectivity index (χ2v) is 20.6. The van der Waals surface area contributed by atoms with Crippen molar-refractivity contribution < 1.29 is 43.1 Å². The molecular formula is C62H52BN3O2. The smallest absolute Gasteiger partial charge is 0.297 e. The van der Waals surface area contributed by atoms with Gasteiger partial charge in [0.1, 0.15) is 16.7 Å². The minimum Gasteiger partial charge on any atom is -0.468 e. The molecule has 68 heavy (non-hydrogen) atoms. The van der Waals surface area contributed by atoms with Crippen molar-refractivity contribution in [1.82, 2.24) is 4.57 Å². The fraction of sp³-hybridized carbons (Fsp3) is 0.194. The van der Waals surface area contributed by atoms with Crippen LogP contribution in [0.4, 0.5) is 34.1 Å². The maximum atomic E-state index is 10.7. The fourth-order valence-corrected chi connectivity index (χ4v) is 9.74. The number of hydrogen-bond acceptors (Lipinski definition) is 4. The van der Waals surface area contributed by atoms with Crippen LogP contribution in [0.15, 0.2) is 160 Å². The van der Waals surface area contributed by atoms with Gasteiger partial charge in [-0.1, -0.05) is 135 Å². The molecule has 0 fully saturated rings. The van der Waals surface area contributed by atoms with Crippen molar-refractivity contribution >= 4 is 112 Å². The van der Waals surface area contributed by atoms with E-state index in [2.05, 4.69) is 0 Å². The van der Waals surface area contributed by atoms with Crippen LogP contribution in [-0.4, -0.2) is 11.3 Å². The van der Waals surface area contributed by atoms with E-state index in [4.69, 9.17) is 21.2 Å². The van der Waals surface area contributed by atoms with Crippen LogP contribution in [-0.2, 0) is 16.2 Å². The minimum atomic E-state index is -1.78. The molecule has 0 aliphatic carbocycles. The highest BCUT2D eigenvalue weighted by atomic mass is 16.3. The molecule has 3 aromatic heterocycles. The predicted molar refractivity (Wildman–Crippen MR) is 287 cm³/mol. The molecule has 0 N–H and O–H groups in total. The first-order valence-electron chi connectivity index (χ1n) is 34.7. The molecule has 0 bridgehead atoms. The van der Waals surface area contributed by atoms with Crippen molar-refractivity contribution in [3.8, 4) is 16.8 Å². The predicted octanol–water partition coefficient (Wildman–Crippen LogP) is 15.4. The van der Waals surface area contributed by atoms with E-state index in [1.807, 2.05) is 0 Å². The van der Waals surface area contributed by atoms with Crippen molar-refractivity contribution in [2.45, 2.75) is 78.6 Å². The summed E-state index contributed by atoms with van der Waals surface area (Å²) >= 11 is 0. The zero-order chi connectivity index (χ0) is 68.1. The first-order valence-corrected chi connectivity index (χ1v) is 22.2. The maximum Gasteiger partial charge on any atom is 0.297 e. The molecule has 6 heteroatoms. The summed E-state index contributed by atoms with van der Waals surface area (Å²) in [5.74, 6) is 0. The van der Waals surface area contributed by atoms with Crippen LogP contribution in [0.25, 0.3) is 71.5 Å². The van der Waals surface area contributed by atoms with Crippen molar-refractivity contribution in [2.75, 3.05) is 9.80 Å². The van der Waals surface area contributed by atoms with Crippen LogP contribution < -0.4 is 26.4 Å². The first kappa shape index (κ1) is 22.1. The summed E-state index contributed by atoms with van der Waals surface area (Å²) in [5, 5.41) is -1.23. The van der Waals surface area contributed by atoms with Gasteiger partial charge in [0.2, 0.25) is 0 Å². The largest absolute Gasteiger partial charge is 0.468 e. The molecule has 6 heterocycles. The Morgan fingerprint density at radius 3 is 1.90 bits per heavy atom. The molecule has 3 aliphatic rings. The standard InChI is InChI=1S/C62H52BN3O2/c1-60(2,3)37-23-26-47-43(29-37)44-30-38(61(4,5)6)33-51-56(44)65(47)48-20-15-19-46-58(48)66(51)50-32-39(62(7,8)9)31-49-55(50)63(46)59-57(45-28-36(22-27-53(45)68-59)35-16-11-10-12-17-35)64(49)40-24-25-42-41-18-13-14-21-52(41)67-54(42)34-40/h10-34H,1-9H3/i10D,11D,12D,13D,14D,15D,16D,17D,18D,19D,20D,21D,22D,23D,24D,25D,26D,27D,28D,29D,30D,31D,32D,33D,34D. The zero-order valence-corrected chi connectivity index (χ0v) is 38.2. The zero-order valence-electron chi connectivity index (χ0n) is 63.2. The van der Waals surface area contributed by atoms with E-state index in [0.717, 1.165) is 4.90 Å². The molecule has 3 aliphatic heterocycles. The lowest BCUT2D eigenvalue weighted by atomic mass is 9.35. The molecule has 330 valence electrons. The third-order valence-corrected chi connectivity index (χ3v) is 13.0. The normalized spacial score (nSPS) is 19.3. The molecule has 0 saturated carbocycles. The van der Waals surface area contributed by atoms with Gasteiger partial charge in [-0.15, -0.1) is 0 Å². The van der Waals surface area contributed by atoms with Crippen LogP contribution >= 0.6 is 0 Å². The Morgan fingerprint density at radius 1 is 0.441 bits per heavy atom. The number of para-hydroxylation sites is 2. The maximum absolute atomic E-state index is 10.7. The van der Waals surface area contributed by atoms with E-state index >= 15 is 0 Å². The number of aromatic nitrogens is 1. The summed E-state index contributed by atoms with van der Waals surface area (Å²) in [7, 11) is 0. The van der Waals surface area contributed by atoms with Crippen LogP contribution in [0.2, 0.25) is 0 Å². The fourth-order valence-electron chi connectivity index (χ4n) is 9.74. The number of fused-ring (bicyclic) bond motifs is 14. The van der Waals surface area contributed by atoms with E-state index in [9.17, 15) is 21.9 Å². The summed E-state index contributed by atoms with van der Waals surface area (Å²) in [5.41, 5.74) is -9.54. The van der Waals surface area contributed by atoms with Crippen LogP contribution in [0.1, 0.15) is 113 Å². The Bertz CT molecular complexity index is 5460. The molecule has 0 spiro atoms. The number of rotatable bonds is 2. The van der Waals surface area contributed by atoms with E-state index in [0.29, 0.717) is 0 Å². The number of benzene rings is 8. The molecule has 0 atom stereocenters. The topological polar surface area (TPSA) is 37.7 Å². The van der Waals surface area contributed by atoms with E-state index in [-0.39, 0.29) is 113 Å². The summed E-state index contributed by atoms with van der Waals surface area (Å²) < 4.78 is 256. The van der Waals surface area contributed by atoms with Crippen LogP contribution in [0, 0.1) is 0 Å². The Balaban J connectivity index is 1.28. The van der Waals surface area contributed by atoms with Crippen molar-refractivity contribution in [3.05, 3.63) is 168 Å². The highest BCUT2D eigenvalue weighted by Crippen LogP contribution is 2.55. The lowest BCUT2D eigenvalue weighted by Crippen LogP contribution is -2.61. The van der Waals surface area contributed by atoms with Gasteiger partial charge < -0.3 is 23.2 Å². The quantitative estimate of drug-likeness (QED) is 0.162. The Labute approximate surface area is 432 Å². The van der Waals surface area contributed by atoms with Crippen molar-refractivity contribution in [1.29, 1.82) is 0 Å². The average Bonchev–Trinajstić information content (AvgIpc) is 1.63. The monoisotopic (exact) mass is 907 g/mol. The lowest BCUT2D eigenvalue weighted by Gasteiger charge is -2.45. The van der Waals surface area contributed by atoms with Crippen molar-refractivity contribution in [2.24, 2.45) is 0 Å². The van der Waals surface area contributed by atoms with E-state index < -0.39 is 200 Å². The molecule has 11 aromatic rings. The number of hydrogen-bond donors (Lipinski definition) is 0. The van der Waals surface area contributed by atoms with Gasteiger partial charge in [-0.05, 0) is 127 Å². The molecule has 5 nitrogen and oxygen atoms in total. The van der Waals surface area contributed by atoms with Gasteiger partial charge >= 0.3 is 0 Å². The highest BCUT2D eigenvalue weighted by Gasteiger charge is 2.49. The summed E-state index contributed by atoms with van der Waals surface area (Å²) in [6.45, 7) is 13.9. The SMILES string of the molecule is [2H]c1c([2H])c([2H])c(-c2c([2H])c([2H])c3oc4c(c3c2[2H])N(c2c([2H])c([2H])c3c(oc5c([2H])c([2H])c([2H])c([2H])c53)c2[2H])c2c([2H])c(C(C)(C)C)c([2H])c3c2B4c2c([2H])c([2H])c([2H])c4c2N3c2c([2H])c(C(C)(C)C)c([2H])c3c5c([2H])c(C(C)(C)C)c([2H])c([2H])c5n-4c23)c([2H])c1[2H]. The minimum absolute atomic E-state index is 0.00386. The summed E-state index contributed by atoms with van der Waals surface area (Å²) in [4.78, 5) is 2.53. The molecule has 8 aromatic carbocycles. The van der Waals surface area contributed by atoms with Gasteiger partial charge in [-0.3, -0.25) is 0 Å². The molecule has 14 rings (SSSR count). The lowest BCUT2D eigenvalue weighted by molar-refractivity contribution is 0.590. The molecule has 0 radical (unpaired) electrons. The Hall–Kier alpha value is -7.44. The van der Waals surface area contributed by atoms with Crippen LogP contribution in [0.5, 0.6) is 0 Å². The third-order valence-electron chi connectivity index (χ3n) is 13.0. The van der Waals surface area contributed by atoms with E-state index in [1.165, 1.54) is 9.47 Å². The van der Waals surface area contributed by atoms with Gasteiger partial charge in [0.15, 0.2) is 0 Å². The van der Waals surface area contributed by atoms with Gasteiger partial charge in [0, 0.05) is 50.0 Å². The second kappa shape index (κ2) is 13.2. The summed E-state index contributed by atoms with van der Waals surface area (Å²) in [6, 6.07) is -16.8. The first-order chi connectivity index (χ1) is 43.1. The second-order valence-electron chi connectivity index (χ2n) is 20.6. The van der Waals surface area contributed by atoms with Gasteiger partial charge in [-0.2, -0.15) is 0 Å². The molecular weight excluding hydrogens is 830 g/mol.